The Kier molecular flexibility index (Phi) is 8.94. The molecule has 4 N–H and O–H groups in total. The average Bonchev–Trinajstić information content (AvgIpc) is 2.42. The van der Waals surface area contributed by atoms with Crippen molar-refractivity contribution in [2.75, 3.05) is 59.0 Å². The second-order valence-corrected chi connectivity index (χ2v) is 5.39. The van der Waals surface area contributed by atoms with Gasteiger partial charge in [-0.15, -0.1) is 0 Å². The number of carboxylic acid groups (broad SMARTS) is 1. The van der Waals surface area contributed by atoms with Gasteiger partial charge in [-0.25, -0.2) is 4.89 Å². The zero-order valence-corrected chi connectivity index (χ0v) is 13.0. The van der Waals surface area contributed by atoms with E-state index in [-0.39, 0.29) is 31.6 Å². The van der Waals surface area contributed by atoms with E-state index in [1.165, 1.54) is 0 Å². The van der Waals surface area contributed by atoms with E-state index in [9.17, 15) is 9.59 Å². The summed E-state index contributed by atoms with van der Waals surface area (Å²) in [5.41, 5.74) is 0. The molecule has 0 radical (unpaired) electrons. The normalized spacial score (nSPS) is 21.5. The van der Waals surface area contributed by atoms with Crippen LogP contribution in [0.2, 0.25) is 0 Å². The van der Waals surface area contributed by atoms with Crippen molar-refractivity contribution in [2.45, 2.75) is 13.0 Å². The molecule has 1 rings (SSSR count). The molecule has 0 aromatic carbocycles. The number of rotatable bonds is 5. The molecule has 1 unspecified atom stereocenters. The number of carbonyl (C=O) groups excluding carboxylic acids is 1. The second-order valence-electron chi connectivity index (χ2n) is 5.39. The maximum Gasteiger partial charge on any atom is 0.317 e. The molecule has 0 aromatic rings. The average molecular weight is 318 g/mol. The Morgan fingerprint density at radius 2 is 2.00 bits per heavy atom. The van der Waals surface area contributed by atoms with E-state index >= 15 is 0 Å². The number of hydrogen-bond acceptors (Lipinski definition) is 7. The van der Waals surface area contributed by atoms with Gasteiger partial charge >= 0.3 is 5.97 Å². The van der Waals surface area contributed by atoms with Gasteiger partial charge in [0, 0.05) is 45.3 Å². The number of nitrogens with zero attached hydrogens (tertiary/aromatic N) is 2. The molecule has 1 aliphatic heterocycles. The van der Waals surface area contributed by atoms with Crippen LogP contribution in [0.3, 0.4) is 0 Å². The minimum absolute atomic E-state index is 0.0372. The van der Waals surface area contributed by atoms with E-state index in [0.29, 0.717) is 26.2 Å². The lowest BCUT2D eigenvalue weighted by atomic mass is 10.3. The van der Waals surface area contributed by atoms with Crippen LogP contribution >= 0.6 is 0 Å². The maximum absolute atomic E-state index is 11.8. The third-order valence-corrected chi connectivity index (χ3v) is 3.57. The van der Waals surface area contributed by atoms with Gasteiger partial charge in [0.1, 0.15) is 0 Å². The summed E-state index contributed by atoms with van der Waals surface area (Å²) in [4.78, 5) is 30.5. The van der Waals surface area contributed by atoms with Gasteiger partial charge in [0.2, 0.25) is 5.91 Å². The lowest BCUT2D eigenvalue weighted by molar-refractivity contribution is -0.250. The van der Waals surface area contributed by atoms with Gasteiger partial charge in [-0.05, 0) is 6.92 Å². The van der Waals surface area contributed by atoms with Crippen molar-refractivity contribution in [3.05, 3.63) is 0 Å². The Balaban J connectivity index is 2.53. The molecule has 1 saturated heterocycles. The first-order valence-corrected chi connectivity index (χ1v) is 7.45. The summed E-state index contributed by atoms with van der Waals surface area (Å²) in [6.45, 7) is 5.78. The molecule has 0 spiro atoms. The number of hydrogen-bond donors (Lipinski definition) is 4. The quantitative estimate of drug-likeness (QED) is 0.349. The number of amides is 1. The number of carbonyl (C=O) groups is 2. The Bertz CT molecular complexity index is 355. The predicted molar refractivity (Wildman–Crippen MR) is 79.6 cm³/mol. The van der Waals surface area contributed by atoms with E-state index in [1.54, 1.807) is 4.90 Å². The highest BCUT2D eigenvalue weighted by atomic mass is 17.1. The number of aliphatic carboxylic acids is 1. The van der Waals surface area contributed by atoms with Gasteiger partial charge in [0.25, 0.3) is 0 Å². The van der Waals surface area contributed by atoms with Gasteiger partial charge in [0.15, 0.2) is 0 Å². The summed E-state index contributed by atoms with van der Waals surface area (Å²) in [5, 5.41) is 23.4. The Hall–Kier alpha value is -1.26. The Labute approximate surface area is 130 Å². The SMILES string of the molecule is CC(COO)N1CCNCCN(CC(=O)O)CC(=O)NCC1. The van der Waals surface area contributed by atoms with E-state index in [4.69, 9.17) is 10.4 Å². The fourth-order valence-corrected chi connectivity index (χ4v) is 2.35. The molecule has 1 fully saturated rings. The van der Waals surface area contributed by atoms with Crippen LogP contribution in [0.15, 0.2) is 0 Å². The van der Waals surface area contributed by atoms with Crippen molar-refractivity contribution in [3.63, 3.8) is 0 Å². The molecule has 1 amide bonds. The number of carboxylic acids is 1. The third kappa shape index (κ3) is 7.66. The smallest absolute Gasteiger partial charge is 0.317 e. The fourth-order valence-electron chi connectivity index (χ4n) is 2.35. The van der Waals surface area contributed by atoms with Crippen LogP contribution in [0.25, 0.3) is 0 Å². The molecule has 0 aliphatic carbocycles. The van der Waals surface area contributed by atoms with Crippen molar-refractivity contribution in [3.8, 4) is 0 Å². The van der Waals surface area contributed by atoms with E-state index in [2.05, 4.69) is 20.4 Å². The lowest BCUT2D eigenvalue weighted by Crippen LogP contribution is -2.49. The highest BCUT2D eigenvalue weighted by Crippen LogP contribution is 1.99. The van der Waals surface area contributed by atoms with Gasteiger partial charge < -0.3 is 15.7 Å². The highest BCUT2D eigenvalue weighted by molar-refractivity contribution is 5.79. The Morgan fingerprint density at radius 1 is 1.32 bits per heavy atom. The number of nitrogens with one attached hydrogen (secondary N) is 2. The van der Waals surface area contributed by atoms with Gasteiger partial charge in [-0.3, -0.25) is 24.6 Å². The van der Waals surface area contributed by atoms with Crippen LogP contribution in [0.5, 0.6) is 0 Å². The van der Waals surface area contributed by atoms with E-state index in [0.717, 1.165) is 13.1 Å². The minimum Gasteiger partial charge on any atom is -0.480 e. The first-order chi connectivity index (χ1) is 10.5. The molecule has 9 heteroatoms. The fraction of sp³-hybridized carbons (Fsp3) is 0.846. The van der Waals surface area contributed by atoms with Crippen LogP contribution in [0.4, 0.5) is 0 Å². The van der Waals surface area contributed by atoms with E-state index < -0.39 is 5.97 Å². The molecule has 0 aromatic heterocycles. The summed E-state index contributed by atoms with van der Waals surface area (Å²) in [7, 11) is 0. The zero-order chi connectivity index (χ0) is 16.4. The summed E-state index contributed by atoms with van der Waals surface area (Å²) >= 11 is 0. The van der Waals surface area contributed by atoms with Crippen molar-refractivity contribution in [1.82, 2.24) is 20.4 Å². The van der Waals surface area contributed by atoms with Gasteiger partial charge in [-0.1, -0.05) is 0 Å². The zero-order valence-electron chi connectivity index (χ0n) is 13.0. The second kappa shape index (κ2) is 10.5. The summed E-state index contributed by atoms with van der Waals surface area (Å²) in [5.74, 6) is -1.13. The molecule has 0 bridgehead atoms. The molecule has 9 nitrogen and oxygen atoms in total. The standard InChI is InChI=1S/C13H26N4O5/c1-11(10-22-21)17-6-3-14-2-5-16(9-13(19)20)8-12(18)15-4-7-17/h11,14,21H,2-10H2,1H3,(H,15,18)(H,19,20). The monoisotopic (exact) mass is 318 g/mol. The van der Waals surface area contributed by atoms with Crippen LogP contribution in [0, 0.1) is 0 Å². The van der Waals surface area contributed by atoms with Gasteiger partial charge in [-0.2, -0.15) is 0 Å². The predicted octanol–water partition coefficient (Wildman–Crippen LogP) is -1.73. The van der Waals surface area contributed by atoms with Crippen LogP contribution in [-0.4, -0.2) is 97.0 Å². The third-order valence-electron chi connectivity index (χ3n) is 3.57. The van der Waals surface area contributed by atoms with Crippen LogP contribution in [-0.2, 0) is 14.5 Å². The first-order valence-electron chi connectivity index (χ1n) is 7.45. The lowest BCUT2D eigenvalue weighted by Gasteiger charge is -2.29. The largest absolute Gasteiger partial charge is 0.480 e. The molecule has 128 valence electrons. The Morgan fingerprint density at radius 3 is 2.68 bits per heavy atom. The highest BCUT2D eigenvalue weighted by Gasteiger charge is 2.17. The molecule has 0 saturated carbocycles. The van der Waals surface area contributed by atoms with E-state index in [1.807, 2.05) is 6.92 Å². The summed E-state index contributed by atoms with van der Waals surface area (Å²) in [6.07, 6.45) is 0. The maximum atomic E-state index is 11.8. The summed E-state index contributed by atoms with van der Waals surface area (Å²) in [6, 6.07) is 0.0372. The molecule has 1 atom stereocenters. The molecule has 1 heterocycles. The summed E-state index contributed by atoms with van der Waals surface area (Å²) < 4.78 is 0. The molecular formula is C13H26N4O5. The first kappa shape index (κ1) is 18.8. The van der Waals surface area contributed by atoms with Crippen molar-refractivity contribution in [1.29, 1.82) is 0 Å². The molecule has 22 heavy (non-hydrogen) atoms. The van der Waals surface area contributed by atoms with Crippen molar-refractivity contribution < 1.29 is 24.8 Å². The topological polar surface area (TPSA) is 114 Å². The van der Waals surface area contributed by atoms with Crippen LogP contribution < -0.4 is 10.6 Å². The minimum atomic E-state index is -0.941. The van der Waals surface area contributed by atoms with Gasteiger partial charge in [0.05, 0.1) is 19.7 Å². The molecule has 1 aliphatic rings. The van der Waals surface area contributed by atoms with Crippen molar-refractivity contribution >= 4 is 11.9 Å². The molecular weight excluding hydrogens is 292 g/mol. The van der Waals surface area contributed by atoms with Crippen molar-refractivity contribution in [2.24, 2.45) is 0 Å². The van der Waals surface area contributed by atoms with Crippen LogP contribution in [0.1, 0.15) is 6.92 Å².